The van der Waals surface area contributed by atoms with E-state index in [2.05, 4.69) is 10.2 Å². The van der Waals surface area contributed by atoms with E-state index in [1.807, 2.05) is 39.8 Å². The van der Waals surface area contributed by atoms with Gasteiger partial charge in [0.15, 0.2) is 0 Å². The van der Waals surface area contributed by atoms with Crippen molar-refractivity contribution < 1.29 is 14.3 Å². The molecular weight excluding hydrogens is 282 g/mol. The zero-order chi connectivity index (χ0) is 16.2. The van der Waals surface area contributed by atoms with Crippen molar-refractivity contribution in [2.45, 2.75) is 46.1 Å². The Morgan fingerprint density at radius 3 is 2.77 bits per heavy atom. The zero-order valence-electron chi connectivity index (χ0n) is 13.8. The topological polar surface area (TPSA) is 64.5 Å². The van der Waals surface area contributed by atoms with E-state index in [1.165, 1.54) is 0 Å². The molecule has 1 aromatic heterocycles. The van der Waals surface area contributed by atoms with Crippen molar-refractivity contribution in [1.29, 1.82) is 0 Å². The summed E-state index contributed by atoms with van der Waals surface area (Å²) >= 11 is 0. The van der Waals surface area contributed by atoms with Gasteiger partial charge in [-0.1, -0.05) is 0 Å². The van der Waals surface area contributed by atoms with Crippen LogP contribution >= 0.6 is 0 Å². The lowest BCUT2D eigenvalue weighted by molar-refractivity contribution is 0.0138. The molecule has 0 saturated carbocycles. The van der Waals surface area contributed by atoms with E-state index >= 15 is 0 Å². The van der Waals surface area contributed by atoms with Crippen LogP contribution < -0.4 is 4.74 Å². The van der Waals surface area contributed by atoms with Gasteiger partial charge in [0, 0.05) is 25.1 Å². The molecule has 2 heterocycles. The number of aromatic nitrogens is 2. The molecule has 0 N–H and O–H groups in total. The van der Waals surface area contributed by atoms with E-state index in [-0.39, 0.29) is 6.09 Å². The second kappa shape index (κ2) is 6.94. The van der Waals surface area contributed by atoms with Crippen molar-refractivity contribution in [3.8, 4) is 5.88 Å². The summed E-state index contributed by atoms with van der Waals surface area (Å²) in [5.41, 5.74) is 0.402. The van der Waals surface area contributed by atoms with E-state index in [9.17, 15) is 4.79 Å². The summed E-state index contributed by atoms with van der Waals surface area (Å²) < 4.78 is 11.1. The molecule has 2 rings (SSSR count). The number of likely N-dealkylation sites (tertiary alicyclic amines) is 1. The number of carbonyl (C=O) groups excluding carboxylic acids is 1. The van der Waals surface area contributed by atoms with E-state index < -0.39 is 5.60 Å². The summed E-state index contributed by atoms with van der Waals surface area (Å²) in [7, 11) is 0. The summed E-state index contributed by atoms with van der Waals surface area (Å²) in [6, 6.07) is 3.69. The lowest BCUT2D eigenvalue weighted by Crippen LogP contribution is -2.44. The summed E-state index contributed by atoms with van der Waals surface area (Å²) in [6.45, 7) is 9.47. The van der Waals surface area contributed by atoms with Crippen molar-refractivity contribution in [3.05, 3.63) is 17.8 Å². The van der Waals surface area contributed by atoms with Crippen molar-refractivity contribution >= 4 is 6.09 Å². The van der Waals surface area contributed by atoms with Gasteiger partial charge in [-0.25, -0.2) is 4.79 Å². The van der Waals surface area contributed by atoms with E-state index in [0.717, 1.165) is 25.1 Å². The second-order valence-electron chi connectivity index (χ2n) is 6.76. The van der Waals surface area contributed by atoms with Gasteiger partial charge in [0.1, 0.15) is 5.60 Å². The van der Waals surface area contributed by atoms with Crippen molar-refractivity contribution in [1.82, 2.24) is 15.1 Å². The van der Waals surface area contributed by atoms with Gasteiger partial charge in [-0.05, 0) is 46.6 Å². The number of piperidine rings is 1. The first-order valence-corrected chi connectivity index (χ1v) is 7.74. The van der Waals surface area contributed by atoms with Gasteiger partial charge in [-0.15, -0.1) is 5.10 Å². The van der Waals surface area contributed by atoms with Gasteiger partial charge in [0.05, 0.1) is 12.3 Å². The van der Waals surface area contributed by atoms with E-state index in [0.29, 0.717) is 24.9 Å². The number of aryl methyl sites for hydroxylation is 1. The van der Waals surface area contributed by atoms with Crippen LogP contribution in [0.2, 0.25) is 0 Å². The maximum atomic E-state index is 12.1. The summed E-state index contributed by atoms with van der Waals surface area (Å²) in [5.74, 6) is 0.823. The first kappa shape index (κ1) is 16.5. The predicted octanol–water partition coefficient (Wildman–Crippen LogP) is 2.81. The third-order valence-corrected chi connectivity index (χ3v) is 3.41. The third-order valence-electron chi connectivity index (χ3n) is 3.41. The van der Waals surface area contributed by atoms with Crippen LogP contribution in [0, 0.1) is 12.8 Å². The third kappa shape index (κ3) is 5.16. The molecule has 6 nitrogen and oxygen atoms in total. The monoisotopic (exact) mass is 307 g/mol. The molecule has 122 valence electrons. The van der Waals surface area contributed by atoms with Crippen LogP contribution in [0.5, 0.6) is 5.88 Å². The molecule has 1 aromatic rings. The highest BCUT2D eigenvalue weighted by molar-refractivity contribution is 5.68. The number of amides is 1. The van der Waals surface area contributed by atoms with Crippen LogP contribution in [0.15, 0.2) is 12.1 Å². The molecule has 1 amide bonds. The molecule has 0 unspecified atom stereocenters. The second-order valence-corrected chi connectivity index (χ2v) is 6.76. The highest BCUT2D eigenvalue weighted by Gasteiger charge is 2.27. The number of hydrogen-bond donors (Lipinski definition) is 0. The van der Waals surface area contributed by atoms with Gasteiger partial charge >= 0.3 is 6.09 Å². The summed E-state index contributed by atoms with van der Waals surface area (Å²) in [4.78, 5) is 13.9. The molecule has 0 aliphatic carbocycles. The highest BCUT2D eigenvalue weighted by Crippen LogP contribution is 2.20. The SMILES string of the molecule is Cc1ccc(OC[C@H]2CCCN(C(=O)OC(C)(C)C)C2)nn1. The molecule has 1 fully saturated rings. The molecule has 6 heteroatoms. The lowest BCUT2D eigenvalue weighted by atomic mass is 9.99. The maximum Gasteiger partial charge on any atom is 0.410 e. The first-order valence-electron chi connectivity index (χ1n) is 7.74. The van der Waals surface area contributed by atoms with Gasteiger partial charge in [0.2, 0.25) is 5.88 Å². The molecule has 1 aliphatic heterocycles. The normalized spacial score (nSPS) is 18.9. The summed E-state index contributed by atoms with van der Waals surface area (Å²) in [6.07, 6.45) is 1.76. The fourth-order valence-corrected chi connectivity index (χ4v) is 2.36. The number of carbonyl (C=O) groups is 1. The van der Waals surface area contributed by atoms with Gasteiger partial charge < -0.3 is 14.4 Å². The fraction of sp³-hybridized carbons (Fsp3) is 0.688. The molecule has 0 aromatic carbocycles. The fourth-order valence-electron chi connectivity index (χ4n) is 2.36. The number of hydrogen-bond acceptors (Lipinski definition) is 5. The lowest BCUT2D eigenvalue weighted by Gasteiger charge is -2.33. The number of rotatable bonds is 3. The largest absolute Gasteiger partial charge is 0.476 e. The minimum atomic E-state index is -0.460. The highest BCUT2D eigenvalue weighted by atomic mass is 16.6. The molecular formula is C16H25N3O3. The Labute approximate surface area is 131 Å². The predicted molar refractivity (Wildman–Crippen MR) is 82.8 cm³/mol. The van der Waals surface area contributed by atoms with Crippen LogP contribution in [0.25, 0.3) is 0 Å². The van der Waals surface area contributed by atoms with Gasteiger partial charge in [-0.3, -0.25) is 0 Å². The Morgan fingerprint density at radius 1 is 1.36 bits per heavy atom. The van der Waals surface area contributed by atoms with Crippen LogP contribution in [0.4, 0.5) is 4.79 Å². The Kier molecular flexibility index (Phi) is 5.21. The van der Waals surface area contributed by atoms with Crippen molar-refractivity contribution in [2.24, 2.45) is 5.92 Å². The maximum absolute atomic E-state index is 12.1. The average molecular weight is 307 g/mol. The van der Waals surface area contributed by atoms with Crippen LogP contribution in [0.1, 0.15) is 39.3 Å². The van der Waals surface area contributed by atoms with Crippen LogP contribution in [-0.2, 0) is 4.74 Å². The number of nitrogens with zero attached hydrogens (tertiary/aromatic N) is 3. The minimum absolute atomic E-state index is 0.243. The summed E-state index contributed by atoms with van der Waals surface area (Å²) in [5, 5.41) is 7.95. The molecule has 1 atom stereocenters. The zero-order valence-corrected chi connectivity index (χ0v) is 13.8. The molecule has 0 spiro atoms. The quantitative estimate of drug-likeness (QED) is 0.859. The average Bonchev–Trinajstić information content (AvgIpc) is 2.45. The van der Waals surface area contributed by atoms with Crippen molar-refractivity contribution in [3.63, 3.8) is 0 Å². The standard InChI is InChI=1S/C16H25N3O3/c1-12-7-8-14(18-17-12)21-11-13-6-5-9-19(10-13)15(20)22-16(2,3)4/h7-8,13H,5-6,9-11H2,1-4H3/t13-/m0/s1. The minimum Gasteiger partial charge on any atom is -0.476 e. The Morgan fingerprint density at radius 2 is 2.14 bits per heavy atom. The van der Waals surface area contributed by atoms with Crippen LogP contribution in [0.3, 0.4) is 0 Å². The van der Waals surface area contributed by atoms with Gasteiger partial charge in [0.25, 0.3) is 0 Å². The van der Waals surface area contributed by atoms with Crippen LogP contribution in [-0.4, -0.2) is 46.5 Å². The Balaban J connectivity index is 1.82. The molecule has 1 saturated heterocycles. The van der Waals surface area contributed by atoms with E-state index in [4.69, 9.17) is 9.47 Å². The smallest absolute Gasteiger partial charge is 0.410 e. The van der Waals surface area contributed by atoms with E-state index in [1.54, 1.807) is 4.90 Å². The van der Waals surface area contributed by atoms with Gasteiger partial charge in [-0.2, -0.15) is 5.10 Å². The Bertz CT molecular complexity index is 496. The number of ether oxygens (including phenoxy) is 2. The Hall–Kier alpha value is -1.85. The molecule has 22 heavy (non-hydrogen) atoms. The molecule has 1 aliphatic rings. The molecule has 0 bridgehead atoms. The van der Waals surface area contributed by atoms with Crippen molar-refractivity contribution in [2.75, 3.05) is 19.7 Å². The first-order chi connectivity index (χ1) is 10.3. The molecule has 0 radical (unpaired) electrons.